The van der Waals surface area contributed by atoms with Crippen LogP contribution in [0, 0.1) is 15.9 Å². The van der Waals surface area contributed by atoms with Crippen LogP contribution < -0.4 is 4.90 Å². The first-order valence-corrected chi connectivity index (χ1v) is 10.6. The summed E-state index contributed by atoms with van der Waals surface area (Å²) in [6.07, 6.45) is 1.88. The highest BCUT2D eigenvalue weighted by Crippen LogP contribution is 2.33. The summed E-state index contributed by atoms with van der Waals surface area (Å²) in [7, 11) is -4.01. The molecule has 0 unspecified atom stereocenters. The van der Waals surface area contributed by atoms with E-state index in [0.717, 1.165) is 25.0 Å². The number of benzene rings is 2. The average molecular weight is 419 g/mol. The standard InChI is InChI=1S/C19H18FN3O5S/c20-16-5-3-14(12-18(16)29(27,28)21-8-1-2-9-21)19(24)22-10-7-13-11-15(23(25)26)4-6-17(13)22/h3-6,11-12H,1-2,7-10H2. The molecule has 0 atom stereocenters. The summed E-state index contributed by atoms with van der Waals surface area (Å²) in [5, 5.41) is 10.9. The van der Waals surface area contributed by atoms with Crippen LogP contribution in [-0.4, -0.2) is 43.2 Å². The smallest absolute Gasteiger partial charge is 0.269 e. The van der Waals surface area contributed by atoms with Crippen molar-refractivity contribution in [3.8, 4) is 0 Å². The highest BCUT2D eigenvalue weighted by Gasteiger charge is 2.32. The summed E-state index contributed by atoms with van der Waals surface area (Å²) >= 11 is 0. The van der Waals surface area contributed by atoms with Gasteiger partial charge in [0.05, 0.1) is 4.92 Å². The van der Waals surface area contributed by atoms with Crippen molar-refractivity contribution in [1.82, 2.24) is 4.31 Å². The molecule has 0 saturated carbocycles. The second kappa shape index (κ2) is 7.20. The molecule has 10 heteroatoms. The monoisotopic (exact) mass is 419 g/mol. The Morgan fingerprint density at radius 2 is 1.79 bits per heavy atom. The quantitative estimate of drug-likeness (QED) is 0.560. The molecule has 0 spiro atoms. The summed E-state index contributed by atoms with van der Waals surface area (Å²) in [4.78, 5) is 24.4. The van der Waals surface area contributed by atoms with Gasteiger partial charge in [-0.2, -0.15) is 4.31 Å². The topological polar surface area (TPSA) is 101 Å². The zero-order valence-corrected chi connectivity index (χ0v) is 16.2. The lowest BCUT2D eigenvalue weighted by Crippen LogP contribution is -2.31. The third kappa shape index (κ3) is 3.38. The van der Waals surface area contributed by atoms with Crippen molar-refractivity contribution >= 4 is 27.3 Å². The molecule has 2 aromatic carbocycles. The maximum atomic E-state index is 14.3. The Labute approximate surface area is 166 Å². The second-order valence-corrected chi connectivity index (χ2v) is 8.94. The third-order valence-corrected chi connectivity index (χ3v) is 7.19. The first kappa shape index (κ1) is 19.5. The highest BCUT2D eigenvalue weighted by atomic mass is 32.2. The van der Waals surface area contributed by atoms with Gasteiger partial charge in [0.15, 0.2) is 0 Å². The van der Waals surface area contributed by atoms with Gasteiger partial charge in [0, 0.05) is 43.0 Å². The Hall–Kier alpha value is -2.85. The van der Waals surface area contributed by atoms with Crippen molar-refractivity contribution in [3.63, 3.8) is 0 Å². The SMILES string of the molecule is O=C(c1ccc(F)c(S(=O)(=O)N2CCCC2)c1)N1CCc2cc([N+](=O)[O-])ccc21. The lowest BCUT2D eigenvalue weighted by Gasteiger charge is -2.19. The number of carbonyl (C=O) groups excluding carboxylic acids is 1. The number of hydrogen-bond donors (Lipinski definition) is 0. The van der Waals surface area contributed by atoms with Crippen LogP contribution in [0.25, 0.3) is 0 Å². The first-order valence-electron chi connectivity index (χ1n) is 9.18. The average Bonchev–Trinajstić information content (AvgIpc) is 3.37. The number of halogens is 1. The Morgan fingerprint density at radius 1 is 1.07 bits per heavy atom. The molecule has 2 aliphatic rings. The predicted molar refractivity (Wildman–Crippen MR) is 103 cm³/mol. The maximum absolute atomic E-state index is 14.3. The molecule has 152 valence electrons. The molecule has 0 aromatic heterocycles. The Bertz CT molecular complexity index is 1110. The predicted octanol–water partition coefficient (Wildman–Crippen LogP) is 2.72. The van der Waals surface area contributed by atoms with E-state index in [1.54, 1.807) is 0 Å². The number of nitro groups is 1. The molecule has 2 aliphatic heterocycles. The van der Waals surface area contributed by atoms with E-state index in [1.165, 1.54) is 33.5 Å². The lowest BCUT2D eigenvalue weighted by atomic mass is 10.1. The largest absolute Gasteiger partial charge is 0.308 e. The van der Waals surface area contributed by atoms with Crippen LogP contribution >= 0.6 is 0 Å². The molecule has 0 aliphatic carbocycles. The number of nitro benzene ring substituents is 1. The summed E-state index contributed by atoms with van der Waals surface area (Å²) in [5.41, 5.74) is 1.20. The van der Waals surface area contributed by atoms with Crippen LogP contribution in [0.1, 0.15) is 28.8 Å². The number of hydrogen-bond acceptors (Lipinski definition) is 5. The molecule has 2 heterocycles. The van der Waals surface area contributed by atoms with Crippen molar-refractivity contribution in [2.75, 3.05) is 24.5 Å². The van der Waals surface area contributed by atoms with Crippen molar-refractivity contribution in [2.24, 2.45) is 0 Å². The van der Waals surface area contributed by atoms with Gasteiger partial charge in [-0.1, -0.05) is 0 Å². The molecule has 1 fully saturated rings. The van der Waals surface area contributed by atoms with Crippen molar-refractivity contribution in [1.29, 1.82) is 0 Å². The van der Waals surface area contributed by atoms with Crippen molar-refractivity contribution in [2.45, 2.75) is 24.2 Å². The molecule has 0 radical (unpaired) electrons. The molecule has 0 bridgehead atoms. The number of rotatable bonds is 4. The second-order valence-electron chi connectivity index (χ2n) is 7.03. The minimum absolute atomic E-state index is 0.0513. The van der Waals surface area contributed by atoms with E-state index < -0.39 is 31.6 Å². The van der Waals surface area contributed by atoms with E-state index in [4.69, 9.17) is 0 Å². The van der Waals surface area contributed by atoms with E-state index in [0.29, 0.717) is 37.3 Å². The summed E-state index contributed by atoms with van der Waals surface area (Å²) < 4.78 is 41.0. The molecule has 1 saturated heterocycles. The maximum Gasteiger partial charge on any atom is 0.269 e. The van der Waals surface area contributed by atoms with Gasteiger partial charge in [-0.3, -0.25) is 14.9 Å². The fourth-order valence-electron chi connectivity index (χ4n) is 3.77. The summed E-state index contributed by atoms with van der Waals surface area (Å²) in [6, 6.07) is 7.57. The number of sulfonamides is 1. The Morgan fingerprint density at radius 3 is 2.48 bits per heavy atom. The fraction of sp³-hybridized carbons (Fsp3) is 0.316. The molecule has 29 heavy (non-hydrogen) atoms. The van der Waals surface area contributed by atoms with Gasteiger partial charge in [0.2, 0.25) is 10.0 Å². The Kier molecular flexibility index (Phi) is 4.83. The number of fused-ring (bicyclic) bond motifs is 1. The van der Waals surface area contributed by atoms with E-state index in [1.807, 2.05) is 0 Å². The highest BCUT2D eigenvalue weighted by molar-refractivity contribution is 7.89. The first-order chi connectivity index (χ1) is 13.8. The third-order valence-electron chi connectivity index (χ3n) is 5.28. The number of carbonyl (C=O) groups is 1. The number of non-ortho nitro benzene ring substituents is 1. The Balaban J connectivity index is 1.67. The van der Waals surface area contributed by atoms with Gasteiger partial charge >= 0.3 is 0 Å². The molecular formula is C19H18FN3O5S. The molecular weight excluding hydrogens is 401 g/mol. The van der Waals surface area contributed by atoms with Crippen molar-refractivity contribution < 1.29 is 22.5 Å². The zero-order chi connectivity index (χ0) is 20.8. The van der Waals surface area contributed by atoms with Gasteiger partial charge in [-0.25, -0.2) is 12.8 Å². The van der Waals surface area contributed by atoms with Gasteiger partial charge in [-0.05, 0) is 49.1 Å². The van der Waals surface area contributed by atoms with Gasteiger partial charge in [-0.15, -0.1) is 0 Å². The minimum atomic E-state index is -4.01. The van der Waals surface area contributed by atoms with Crippen LogP contribution in [0.2, 0.25) is 0 Å². The molecule has 4 rings (SSSR count). The fourth-order valence-corrected chi connectivity index (χ4v) is 5.38. The number of nitrogens with zero attached hydrogens (tertiary/aromatic N) is 3. The molecule has 8 nitrogen and oxygen atoms in total. The van der Waals surface area contributed by atoms with E-state index in [-0.39, 0.29) is 11.3 Å². The summed E-state index contributed by atoms with van der Waals surface area (Å²) in [5.74, 6) is -1.37. The normalized spacial score (nSPS) is 16.8. The minimum Gasteiger partial charge on any atom is -0.308 e. The van der Waals surface area contributed by atoms with E-state index >= 15 is 0 Å². The van der Waals surface area contributed by atoms with Crippen LogP contribution in [0.5, 0.6) is 0 Å². The van der Waals surface area contributed by atoms with Gasteiger partial charge in [0.25, 0.3) is 11.6 Å². The summed E-state index contributed by atoms with van der Waals surface area (Å²) in [6.45, 7) is 0.970. The molecule has 2 aromatic rings. The zero-order valence-electron chi connectivity index (χ0n) is 15.4. The van der Waals surface area contributed by atoms with Gasteiger partial charge < -0.3 is 4.90 Å². The van der Waals surface area contributed by atoms with Gasteiger partial charge in [0.1, 0.15) is 10.7 Å². The number of amides is 1. The van der Waals surface area contributed by atoms with Crippen LogP contribution in [0.15, 0.2) is 41.3 Å². The van der Waals surface area contributed by atoms with Crippen LogP contribution in [0.3, 0.4) is 0 Å². The van der Waals surface area contributed by atoms with E-state index in [9.17, 15) is 27.7 Å². The van der Waals surface area contributed by atoms with E-state index in [2.05, 4.69) is 0 Å². The van der Waals surface area contributed by atoms with Crippen molar-refractivity contribution in [3.05, 3.63) is 63.5 Å². The van der Waals surface area contributed by atoms with Crippen LogP contribution in [0.4, 0.5) is 15.8 Å². The molecule has 0 N–H and O–H groups in total. The van der Waals surface area contributed by atoms with Crippen LogP contribution in [-0.2, 0) is 16.4 Å². The lowest BCUT2D eigenvalue weighted by molar-refractivity contribution is -0.384. The molecule has 1 amide bonds. The number of anilines is 1.